The predicted octanol–water partition coefficient (Wildman–Crippen LogP) is 2.77. The molecule has 1 aromatic carbocycles. The average Bonchev–Trinajstić information content (AvgIpc) is 2.94. The Hall–Kier alpha value is -2.84. The number of urea groups is 1. The van der Waals surface area contributed by atoms with Gasteiger partial charge in [0.1, 0.15) is 5.69 Å². The highest BCUT2D eigenvalue weighted by atomic mass is 35.5. The van der Waals surface area contributed by atoms with E-state index in [1.807, 2.05) is 6.07 Å². The molecule has 3 rings (SSSR count). The highest BCUT2D eigenvalue weighted by Crippen LogP contribution is 2.24. The minimum absolute atomic E-state index is 0.214. The number of carbonyl (C=O) groups is 1. The van der Waals surface area contributed by atoms with Crippen molar-refractivity contribution in [1.82, 2.24) is 24.6 Å². The Balaban J connectivity index is 1.60. The van der Waals surface area contributed by atoms with Gasteiger partial charge in [-0.05, 0) is 30.3 Å². The van der Waals surface area contributed by atoms with Gasteiger partial charge in [-0.2, -0.15) is 0 Å². The number of hydrogen-bond acceptors (Lipinski definition) is 4. The molecule has 0 atom stereocenters. The van der Waals surface area contributed by atoms with Crippen LogP contribution in [0.2, 0.25) is 10.0 Å². The van der Waals surface area contributed by atoms with Crippen molar-refractivity contribution in [2.75, 3.05) is 11.9 Å². The van der Waals surface area contributed by atoms with E-state index in [0.29, 0.717) is 27.3 Å². The van der Waals surface area contributed by atoms with Crippen LogP contribution in [0.1, 0.15) is 0 Å². The summed E-state index contributed by atoms with van der Waals surface area (Å²) in [6.45, 7) is 0.431. The number of carbonyl (C=O) groups excluding carboxylic acids is 1. The van der Waals surface area contributed by atoms with Crippen LogP contribution in [0.15, 0.2) is 47.4 Å². The first-order valence-corrected chi connectivity index (χ1v) is 8.76. The Labute approximate surface area is 164 Å². The Morgan fingerprint density at radius 3 is 2.70 bits per heavy atom. The molecule has 3 aromatic rings. The maximum atomic E-state index is 12.3. The van der Waals surface area contributed by atoms with E-state index in [1.165, 1.54) is 9.25 Å². The SMILES string of the molecule is Cn1c(-c2ccccn2)nn(CCNC(=O)Nc2ccc(Cl)c(Cl)c2)c1=O. The van der Waals surface area contributed by atoms with Crippen LogP contribution >= 0.6 is 23.2 Å². The van der Waals surface area contributed by atoms with Crippen molar-refractivity contribution in [3.05, 3.63) is 63.1 Å². The molecule has 0 aliphatic heterocycles. The standard InChI is InChI=1S/C17H16Cl2N6O2/c1-24-15(14-4-2-3-7-20-14)23-25(17(24)27)9-8-21-16(26)22-11-5-6-12(18)13(19)10-11/h2-7,10H,8-9H2,1H3,(H2,21,22,26). The topological polar surface area (TPSA) is 93.8 Å². The molecule has 2 aromatic heterocycles. The summed E-state index contributed by atoms with van der Waals surface area (Å²) in [6.07, 6.45) is 1.63. The Morgan fingerprint density at radius 2 is 2.00 bits per heavy atom. The minimum Gasteiger partial charge on any atom is -0.336 e. The molecule has 140 valence electrons. The summed E-state index contributed by atoms with van der Waals surface area (Å²) < 4.78 is 2.70. The van der Waals surface area contributed by atoms with Crippen LogP contribution in [-0.2, 0) is 13.6 Å². The Kier molecular flexibility index (Phi) is 5.78. The van der Waals surface area contributed by atoms with Gasteiger partial charge in [-0.25, -0.2) is 14.3 Å². The minimum atomic E-state index is -0.428. The van der Waals surface area contributed by atoms with Crippen molar-refractivity contribution in [3.63, 3.8) is 0 Å². The van der Waals surface area contributed by atoms with Gasteiger partial charge in [0.2, 0.25) is 0 Å². The fraction of sp³-hybridized carbons (Fsp3) is 0.176. The lowest BCUT2D eigenvalue weighted by Gasteiger charge is -2.08. The molecule has 0 spiro atoms. The second kappa shape index (κ2) is 8.24. The number of nitrogens with zero attached hydrogens (tertiary/aromatic N) is 4. The van der Waals surface area contributed by atoms with Crippen LogP contribution in [-0.4, -0.2) is 31.9 Å². The number of hydrogen-bond donors (Lipinski definition) is 2. The fourth-order valence-electron chi connectivity index (χ4n) is 2.38. The van der Waals surface area contributed by atoms with Crippen molar-refractivity contribution < 1.29 is 4.79 Å². The van der Waals surface area contributed by atoms with Gasteiger partial charge in [-0.15, -0.1) is 5.10 Å². The molecule has 0 fully saturated rings. The van der Waals surface area contributed by atoms with Crippen molar-refractivity contribution in [2.45, 2.75) is 6.54 Å². The van der Waals surface area contributed by atoms with Crippen molar-refractivity contribution >= 4 is 34.9 Å². The number of pyridine rings is 1. The van der Waals surface area contributed by atoms with E-state index in [9.17, 15) is 9.59 Å². The van der Waals surface area contributed by atoms with Gasteiger partial charge in [-0.3, -0.25) is 9.55 Å². The molecule has 0 aliphatic rings. The molecule has 0 radical (unpaired) electrons. The molecule has 2 N–H and O–H groups in total. The van der Waals surface area contributed by atoms with E-state index in [4.69, 9.17) is 23.2 Å². The van der Waals surface area contributed by atoms with Gasteiger partial charge in [-0.1, -0.05) is 29.3 Å². The number of benzene rings is 1. The Morgan fingerprint density at radius 1 is 1.19 bits per heavy atom. The van der Waals surface area contributed by atoms with E-state index >= 15 is 0 Å². The zero-order valence-electron chi connectivity index (χ0n) is 14.3. The molecule has 0 saturated carbocycles. The molecule has 10 heteroatoms. The first-order chi connectivity index (χ1) is 13.0. The maximum Gasteiger partial charge on any atom is 0.346 e. The highest BCUT2D eigenvalue weighted by molar-refractivity contribution is 6.42. The molecule has 0 bridgehead atoms. The third-order valence-electron chi connectivity index (χ3n) is 3.72. The summed E-state index contributed by atoms with van der Waals surface area (Å²) in [5.74, 6) is 0.459. The monoisotopic (exact) mass is 406 g/mol. The normalized spacial score (nSPS) is 10.6. The van der Waals surface area contributed by atoms with Gasteiger partial charge in [0.05, 0.1) is 16.6 Å². The van der Waals surface area contributed by atoms with Gasteiger partial charge in [0.15, 0.2) is 5.82 Å². The summed E-state index contributed by atoms with van der Waals surface area (Å²) in [4.78, 5) is 28.4. The van der Waals surface area contributed by atoms with E-state index < -0.39 is 6.03 Å². The van der Waals surface area contributed by atoms with Crippen LogP contribution in [0.3, 0.4) is 0 Å². The van der Waals surface area contributed by atoms with E-state index in [1.54, 1.807) is 43.6 Å². The molecule has 0 saturated heterocycles. The van der Waals surface area contributed by atoms with Crippen molar-refractivity contribution in [3.8, 4) is 11.5 Å². The van der Waals surface area contributed by atoms with E-state index in [0.717, 1.165) is 0 Å². The predicted molar refractivity (Wildman–Crippen MR) is 104 cm³/mol. The summed E-state index contributed by atoms with van der Waals surface area (Å²) in [5.41, 5.74) is 0.817. The lowest BCUT2D eigenvalue weighted by atomic mass is 10.3. The van der Waals surface area contributed by atoms with Crippen LogP contribution in [0, 0.1) is 0 Å². The molecule has 2 amide bonds. The fourth-order valence-corrected chi connectivity index (χ4v) is 2.67. The Bertz CT molecular complexity index is 1020. The summed E-state index contributed by atoms with van der Waals surface area (Å²) in [6, 6.07) is 9.72. The number of halogens is 2. The maximum absolute atomic E-state index is 12.3. The largest absolute Gasteiger partial charge is 0.346 e. The summed E-state index contributed by atoms with van der Waals surface area (Å²) >= 11 is 11.7. The van der Waals surface area contributed by atoms with Crippen molar-refractivity contribution in [2.24, 2.45) is 7.05 Å². The van der Waals surface area contributed by atoms with Gasteiger partial charge in [0, 0.05) is 25.5 Å². The number of rotatable bonds is 5. The van der Waals surface area contributed by atoms with Gasteiger partial charge < -0.3 is 10.6 Å². The highest BCUT2D eigenvalue weighted by Gasteiger charge is 2.13. The zero-order valence-corrected chi connectivity index (χ0v) is 15.8. The third-order valence-corrected chi connectivity index (χ3v) is 4.46. The molecule has 27 heavy (non-hydrogen) atoms. The van der Waals surface area contributed by atoms with E-state index in [-0.39, 0.29) is 18.8 Å². The number of nitrogens with one attached hydrogen (secondary N) is 2. The molecular weight excluding hydrogens is 391 g/mol. The molecule has 0 aliphatic carbocycles. The smallest absolute Gasteiger partial charge is 0.336 e. The molecular formula is C17H16Cl2N6O2. The van der Waals surface area contributed by atoms with Crippen LogP contribution in [0.25, 0.3) is 11.5 Å². The first kappa shape index (κ1) is 18.9. The van der Waals surface area contributed by atoms with Gasteiger partial charge in [0.25, 0.3) is 0 Å². The average molecular weight is 407 g/mol. The van der Waals surface area contributed by atoms with E-state index in [2.05, 4.69) is 20.7 Å². The van der Waals surface area contributed by atoms with Crippen LogP contribution < -0.4 is 16.3 Å². The van der Waals surface area contributed by atoms with Gasteiger partial charge >= 0.3 is 11.7 Å². The number of aromatic nitrogens is 4. The lowest BCUT2D eigenvalue weighted by molar-refractivity contribution is 0.251. The molecule has 2 heterocycles. The lowest BCUT2D eigenvalue weighted by Crippen LogP contribution is -2.34. The summed E-state index contributed by atoms with van der Waals surface area (Å²) in [7, 11) is 1.63. The van der Waals surface area contributed by atoms with Crippen molar-refractivity contribution in [1.29, 1.82) is 0 Å². The quantitative estimate of drug-likeness (QED) is 0.680. The third kappa shape index (κ3) is 4.47. The summed E-state index contributed by atoms with van der Waals surface area (Å²) in [5, 5.41) is 10.3. The number of amides is 2. The number of anilines is 1. The van der Waals surface area contributed by atoms with Crippen LogP contribution in [0.4, 0.5) is 10.5 Å². The zero-order chi connectivity index (χ0) is 19.4. The van der Waals surface area contributed by atoms with Crippen LogP contribution in [0.5, 0.6) is 0 Å². The first-order valence-electron chi connectivity index (χ1n) is 8.01. The molecule has 8 nitrogen and oxygen atoms in total. The second-order valence-corrected chi connectivity index (χ2v) is 6.43. The second-order valence-electron chi connectivity index (χ2n) is 5.61. The molecule has 0 unspecified atom stereocenters.